The minimum absolute atomic E-state index is 0.326. The van der Waals surface area contributed by atoms with Gasteiger partial charge in [-0.1, -0.05) is 5.16 Å². The van der Waals surface area contributed by atoms with Crippen molar-refractivity contribution >= 4 is 0 Å². The Balaban J connectivity index is 2.08. The summed E-state index contributed by atoms with van der Waals surface area (Å²) in [7, 11) is 0. The van der Waals surface area contributed by atoms with Crippen molar-refractivity contribution in [3.63, 3.8) is 0 Å². The van der Waals surface area contributed by atoms with E-state index in [0.717, 1.165) is 25.2 Å². The molecule has 11 heavy (non-hydrogen) atoms. The molecule has 2 N–H and O–H groups in total. The topological polar surface area (TPSA) is 64.9 Å². The first kappa shape index (κ1) is 6.79. The van der Waals surface area contributed by atoms with E-state index in [0.29, 0.717) is 12.0 Å². The van der Waals surface area contributed by atoms with Gasteiger partial charge in [-0.3, -0.25) is 0 Å². The van der Waals surface area contributed by atoms with E-state index in [2.05, 4.69) is 10.1 Å². The maximum Gasteiger partial charge on any atom is 0.229 e. The monoisotopic (exact) mass is 153 g/mol. The van der Waals surface area contributed by atoms with Crippen molar-refractivity contribution in [1.29, 1.82) is 0 Å². The zero-order chi connectivity index (χ0) is 7.68. The Labute approximate surface area is 64.8 Å². The molecule has 0 radical (unpaired) electrons. The fourth-order valence-electron chi connectivity index (χ4n) is 1.60. The summed E-state index contributed by atoms with van der Waals surface area (Å²) >= 11 is 0. The van der Waals surface area contributed by atoms with Crippen molar-refractivity contribution in [3.8, 4) is 0 Å². The van der Waals surface area contributed by atoms with Crippen LogP contribution >= 0.6 is 0 Å². The maximum atomic E-state index is 5.74. The van der Waals surface area contributed by atoms with E-state index in [-0.39, 0.29) is 0 Å². The van der Waals surface area contributed by atoms with Crippen molar-refractivity contribution in [2.45, 2.75) is 31.2 Å². The van der Waals surface area contributed by atoms with E-state index < -0.39 is 0 Å². The van der Waals surface area contributed by atoms with Crippen LogP contribution in [0.1, 0.15) is 31.1 Å². The number of aromatic nitrogens is 2. The molecule has 1 saturated carbocycles. The van der Waals surface area contributed by atoms with Crippen LogP contribution in [-0.4, -0.2) is 16.2 Å². The smallest absolute Gasteiger partial charge is 0.229 e. The summed E-state index contributed by atoms with van der Waals surface area (Å²) in [6.45, 7) is 0. The largest absolute Gasteiger partial charge is 0.339 e. The van der Waals surface area contributed by atoms with Crippen LogP contribution in [0.4, 0.5) is 0 Å². The molecule has 0 amide bonds. The summed E-state index contributed by atoms with van der Waals surface area (Å²) in [6.07, 6.45) is 4.60. The highest BCUT2D eigenvalue weighted by atomic mass is 16.5. The molecule has 1 aliphatic carbocycles. The SMILES string of the molecule is NC1CCC(c2ncno2)C1. The van der Waals surface area contributed by atoms with E-state index in [9.17, 15) is 0 Å². The lowest BCUT2D eigenvalue weighted by Crippen LogP contribution is -2.14. The molecule has 0 saturated heterocycles. The second kappa shape index (κ2) is 2.62. The number of hydrogen-bond acceptors (Lipinski definition) is 4. The van der Waals surface area contributed by atoms with Crippen molar-refractivity contribution in [3.05, 3.63) is 12.2 Å². The molecule has 1 aromatic heterocycles. The molecule has 4 heteroatoms. The number of hydrogen-bond donors (Lipinski definition) is 1. The molecule has 0 spiro atoms. The molecular formula is C7H11N3O. The molecule has 1 fully saturated rings. The van der Waals surface area contributed by atoms with E-state index in [4.69, 9.17) is 10.3 Å². The summed E-state index contributed by atoms with van der Waals surface area (Å²) in [5, 5.41) is 3.56. The molecular weight excluding hydrogens is 142 g/mol. The molecule has 0 bridgehead atoms. The highest BCUT2D eigenvalue weighted by Gasteiger charge is 2.26. The zero-order valence-corrected chi connectivity index (χ0v) is 6.23. The first-order valence-electron chi connectivity index (χ1n) is 3.88. The third kappa shape index (κ3) is 1.26. The molecule has 0 aliphatic heterocycles. The van der Waals surface area contributed by atoms with E-state index >= 15 is 0 Å². The fourth-order valence-corrected chi connectivity index (χ4v) is 1.60. The highest BCUT2D eigenvalue weighted by molar-refractivity contribution is 4.95. The van der Waals surface area contributed by atoms with Gasteiger partial charge in [0.1, 0.15) is 0 Å². The number of nitrogens with two attached hydrogens (primary N) is 1. The molecule has 2 unspecified atom stereocenters. The van der Waals surface area contributed by atoms with Crippen molar-refractivity contribution in [1.82, 2.24) is 10.1 Å². The van der Waals surface area contributed by atoms with Crippen molar-refractivity contribution < 1.29 is 4.52 Å². The second-order valence-corrected chi connectivity index (χ2v) is 3.05. The summed E-state index contributed by atoms with van der Waals surface area (Å²) < 4.78 is 4.95. The third-order valence-electron chi connectivity index (χ3n) is 2.20. The number of nitrogens with zero attached hydrogens (tertiary/aromatic N) is 2. The molecule has 2 atom stereocenters. The van der Waals surface area contributed by atoms with Gasteiger partial charge in [0, 0.05) is 12.0 Å². The normalized spacial score (nSPS) is 31.0. The molecule has 1 aromatic rings. The van der Waals surface area contributed by atoms with Crippen LogP contribution < -0.4 is 5.73 Å². The Morgan fingerprint density at radius 2 is 2.45 bits per heavy atom. The Hall–Kier alpha value is -0.900. The summed E-state index contributed by atoms with van der Waals surface area (Å²) in [5.74, 6) is 1.16. The minimum atomic E-state index is 0.326. The Morgan fingerprint density at radius 1 is 1.55 bits per heavy atom. The maximum absolute atomic E-state index is 5.74. The molecule has 2 rings (SSSR count). The van der Waals surface area contributed by atoms with Crippen LogP contribution in [0.3, 0.4) is 0 Å². The first-order valence-corrected chi connectivity index (χ1v) is 3.88. The average molecular weight is 153 g/mol. The molecule has 60 valence electrons. The van der Waals surface area contributed by atoms with Crippen LogP contribution in [0, 0.1) is 0 Å². The van der Waals surface area contributed by atoms with Gasteiger partial charge in [0.15, 0.2) is 6.33 Å². The van der Waals surface area contributed by atoms with Gasteiger partial charge in [-0.05, 0) is 19.3 Å². The van der Waals surface area contributed by atoms with Gasteiger partial charge in [0.05, 0.1) is 0 Å². The predicted molar refractivity (Wildman–Crippen MR) is 38.9 cm³/mol. The van der Waals surface area contributed by atoms with Gasteiger partial charge in [0.2, 0.25) is 5.89 Å². The van der Waals surface area contributed by atoms with E-state index in [1.165, 1.54) is 6.33 Å². The molecule has 1 heterocycles. The standard InChI is InChI=1S/C7H11N3O/c8-6-2-1-5(3-6)7-9-4-10-11-7/h4-6H,1-3,8H2. The predicted octanol–water partition coefficient (Wildman–Crippen LogP) is 0.664. The lowest BCUT2D eigenvalue weighted by atomic mass is 10.1. The van der Waals surface area contributed by atoms with Crippen LogP contribution in [0.5, 0.6) is 0 Å². The van der Waals surface area contributed by atoms with E-state index in [1.807, 2.05) is 0 Å². The second-order valence-electron chi connectivity index (χ2n) is 3.05. The summed E-state index contributed by atoms with van der Waals surface area (Å²) in [4.78, 5) is 4.00. The van der Waals surface area contributed by atoms with Crippen molar-refractivity contribution in [2.24, 2.45) is 5.73 Å². The van der Waals surface area contributed by atoms with Gasteiger partial charge in [-0.25, -0.2) is 0 Å². The number of rotatable bonds is 1. The van der Waals surface area contributed by atoms with Crippen molar-refractivity contribution in [2.75, 3.05) is 0 Å². The van der Waals surface area contributed by atoms with Gasteiger partial charge >= 0.3 is 0 Å². The third-order valence-corrected chi connectivity index (χ3v) is 2.20. The first-order chi connectivity index (χ1) is 5.36. The van der Waals surface area contributed by atoms with Gasteiger partial charge in [-0.2, -0.15) is 4.98 Å². The Kier molecular flexibility index (Phi) is 1.62. The zero-order valence-electron chi connectivity index (χ0n) is 6.23. The van der Waals surface area contributed by atoms with Gasteiger partial charge < -0.3 is 10.3 Å². The molecule has 0 aromatic carbocycles. The highest BCUT2D eigenvalue weighted by Crippen LogP contribution is 2.31. The van der Waals surface area contributed by atoms with Crippen LogP contribution in [0.25, 0.3) is 0 Å². The molecule has 4 nitrogen and oxygen atoms in total. The molecule has 1 aliphatic rings. The lowest BCUT2D eigenvalue weighted by Gasteiger charge is -2.00. The average Bonchev–Trinajstić information content (AvgIpc) is 2.55. The van der Waals surface area contributed by atoms with Gasteiger partial charge in [-0.15, -0.1) is 0 Å². The minimum Gasteiger partial charge on any atom is -0.339 e. The quantitative estimate of drug-likeness (QED) is 0.643. The van der Waals surface area contributed by atoms with Gasteiger partial charge in [0.25, 0.3) is 0 Å². The van der Waals surface area contributed by atoms with Crippen LogP contribution in [0.15, 0.2) is 10.9 Å². The summed E-state index contributed by atoms with van der Waals surface area (Å²) in [5.41, 5.74) is 5.74. The fraction of sp³-hybridized carbons (Fsp3) is 0.714. The lowest BCUT2D eigenvalue weighted by molar-refractivity contribution is 0.352. The summed E-state index contributed by atoms with van der Waals surface area (Å²) in [6, 6.07) is 0.326. The van der Waals surface area contributed by atoms with E-state index in [1.54, 1.807) is 0 Å². The Bertz CT molecular complexity index is 222. The Morgan fingerprint density at radius 3 is 3.00 bits per heavy atom. The van der Waals surface area contributed by atoms with Crippen LogP contribution in [-0.2, 0) is 0 Å². The van der Waals surface area contributed by atoms with Crippen LogP contribution in [0.2, 0.25) is 0 Å².